The quantitative estimate of drug-likeness (QED) is 0.796. The molecule has 146 valence electrons. The number of nitrogens with one attached hydrogen (secondary N) is 1. The maximum atomic E-state index is 12.5. The molecule has 1 amide bonds. The second-order valence-corrected chi connectivity index (χ2v) is 9.33. The maximum absolute atomic E-state index is 12.5. The predicted molar refractivity (Wildman–Crippen MR) is 108 cm³/mol. The van der Waals surface area contributed by atoms with E-state index in [1.54, 1.807) is 13.0 Å². The van der Waals surface area contributed by atoms with Gasteiger partial charge in [-0.15, -0.1) is 0 Å². The number of nitrogens with zero attached hydrogens (tertiary/aromatic N) is 2. The Labute approximate surface area is 164 Å². The van der Waals surface area contributed by atoms with Gasteiger partial charge in [0.1, 0.15) is 0 Å². The number of rotatable bonds is 6. The predicted octanol–water partition coefficient (Wildman–Crippen LogP) is 2.10. The van der Waals surface area contributed by atoms with Crippen LogP contribution in [0, 0.1) is 13.8 Å². The maximum Gasteiger partial charge on any atom is 0.254 e. The SMILES string of the molecule is Cc1ccc(C)c(S(=O)(=O)NCCN2CCN(C(=O)c3ccsc3)CC2)c1. The second-order valence-electron chi connectivity index (χ2n) is 6.81. The summed E-state index contributed by atoms with van der Waals surface area (Å²) in [5, 5.41) is 3.78. The Morgan fingerprint density at radius 2 is 1.89 bits per heavy atom. The zero-order valence-electron chi connectivity index (χ0n) is 15.6. The Balaban J connectivity index is 1.48. The number of amides is 1. The van der Waals surface area contributed by atoms with Crippen molar-refractivity contribution in [1.82, 2.24) is 14.5 Å². The van der Waals surface area contributed by atoms with Gasteiger partial charge in [0.2, 0.25) is 10.0 Å². The lowest BCUT2D eigenvalue weighted by Crippen LogP contribution is -2.50. The van der Waals surface area contributed by atoms with Gasteiger partial charge in [-0.25, -0.2) is 13.1 Å². The summed E-state index contributed by atoms with van der Waals surface area (Å²) in [6, 6.07) is 7.28. The average molecular weight is 408 g/mol. The van der Waals surface area contributed by atoms with Crippen molar-refractivity contribution in [3.8, 4) is 0 Å². The zero-order chi connectivity index (χ0) is 19.4. The Bertz CT molecular complexity index is 887. The number of hydrogen-bond donors (Lipinski definition) is 1. The summed E-state index contributed by atoms with van der Waals surface area (Å²) < 4.78 is 27.8. The molecular weight excluding hydrogens is 382 g/mol. The first kappa shape index (κ1) is 20.0. The Kier molecular flexibility index (Phi) is 6.31. The molecule has 3 rings (SSSR count). The normalized spacial score (nSPS) is 15.9. The van der Waals surface area contributed by atoms with Gasteiger partial charge in [0.15, 0.2) is 0 Å². The number of piperazine rings is 1. The highest BCUT2D eigenvalue weighted by Gasteiger charge is 2.23. The van der Waals surface area contributed by atoms with Gasteiger partial charge in [0.25, 0.3) is 5.91 Å². The van der Waals surface area contributed by atoms with Crippen LogP contribution in [0.1, 0.15) is 21.5 Å². The van der Waals surface area contributed by atoms with Gasteiger partial charge in [-0.2, -0.15) is 11.3 Å². The standard InChI is InChI=1S/C19H25N3O3S2/c1-15-3-4-16(2)18(13-15)27(24,25)20-6-7-21-8-10-22(11-9-21)19(23)17-5-12-26-14-17/h3-5,12-14,20H,6-11H2,1-2H3. The molecule has 8 heteroatoms. The van der Waals surface area contributed by atoms with Crippen molar-refractivity contribution in [3.05, 3.63) is 51.7 Å². The molecule has 0 atom stereocenters. The largest absolute Gasteiger partial charge is 0.336 e. The molecule has 1 aliphatic heterocycles. The molecule has 0 bridgehead atoms. The molecule has 0 aliphatic carbocycles. The fourth-order valence-electron chi connectivity index (χ4n) is 3.16. The molecule has 1 saturated heterocycles. The number of hydrogen-bond acceptors (Lipinski definition) is 5. The molecule has 6 nitrogen and oxygen atoms in total. The van der Waals surface area contributed by atoms with Crippen LogP contribution in [0.25, 0.3) is 0 Å². The van der Waals surface area contributed by atoms with Crippen LogP contribution in [0.15, 0.2) is 39.9 Å². The van der Waals surface area contributed by atoms with E-state index in [9.17, 15) is 13.2 Å². The molecule has 0 unspecified atom stereocenters. The lowest BCUT2D eigenvalue weighted by atomic mass is 10.2. The third-order valence-corrected chi connectivity index (χ3v) is 7.07. The summed E-state index contributed by atoms with van der Waals surface area (Å²) >= 11 is 1.52. The highest BCUT2D eigenvalue weighted by molar-refractivity contribution is 7.89. The molecule has 1 aromatic heterocycles. The molecule has 27 heavy (non-hydrogen) atoms. The van der Waals surface area contributed by atoms with Crippen LogP contribution in [-0.2, 0) is 10.0 Å². The first-order chi connectivity index (χ1) is 12.9. The Hall–Kier alpha value is -1.74. The third kappa shape index (κ3) is 4.95. The smallest absolute Gasteiger partial charge is 0.254 e. The van der Waals surface area contributed by atoms with E-state index in [0.717, 1.165) is 29.8 Å². The van der Waals surface area contributed by atoms with E-state index in [1.807, 2.05) is 40.8 Å². The summed E-state index contributed by atoms with van der Waals surface area (Å²) in [4.78, 5) is 16.7. The van der Waals surface area contributed by atoms with Crippen molar-refractivity contribution >= 4 is 27.3 Å². The number of aryl methyl sites for hydroxylation is 2. The first-order valence-corrected chi connectivity index (χ1v) is 11.4. The van der Waals surface area contributed by atoms with Gasteiger partial charge in [-0.05, 0) is 42.5 Å². The van der Waals surface area contributed by atoms with E-state index in [4.69, 9.17) is 0 Å². The fourth-order valence-corrected chi connectivity index (χ4v) is 5.13. The molecule has 2 heterocycles. The first-order valence-electron chi connectivity index (χ1n) is 8.97. The minimum Gasteiger partial charge on any atom is -0.336 e. The Morgan fingerprint density at radius 1 is 1.15 bits per heavy atom. The van der Waals surface area contributed by atoms with E-state index < -0.39 is 10.0 Å². The minimum atomic E-state index is -3.51. The third-order valence-electron chi connectivity index (χ3n) is 4.78. The van der Waals surface area contributed by atoms with Gasteiger partial charge < -0.3 is 4.90 Å². The van der Waals surface area contributed by atoms with Crippen molar-refractivity contribution < 1.29 is 13.2 Å². The van der Waals surface area contributed by atoms with Gasteiger partial charge in [0.05, 0.1) is 10.5 Å². The lowest BCUT2D eigenvalue weighted by Gasteiger charge is -2.34. The summed E-state index contributed by atoms with van der Waals surface area (Å²) in [7, 11) is -3.51. The monoisotopic (exact) mass is 407 g/mol. The number of benzene rings is 1. The number of sulfonamides is 1. The summed E-state index contributed by atoms with van der Waals surface area (Å²) in [6.45, 7) is 7.50. The molecule has 0 saturated carbocycles. The number of carbonyl (C=O) groups is 1. The molecule has 0 radical (unpaired) electrons. The van der Waals surface area contributed by atoms with Crippen LogP contribution in [0.4, 0.5) is 0 Å². The van der Waals surface area contributed by atoms with Crippen molar-refractivity contribution in [2.45, 2.75) is 18.7 Å². The van der Waals surface area contributed by atoms with Crippen molar-refractivity contribution in [1.29, 1.82) is 0 Å². The van der Waals surface area contributed by atoms with Gasteiger partial charge in [-0.1, -0.05) is 12.1 Å². The zero-order valence-corrected chi connectivity index (χ0v) is 17.3. The molecule has 2 aromatic rings. The molecular formula is C19H25N3O3S2. The summed E-state index contributed by atoms with van der Waals surface area (Å²) in [5.41, 5.74) is 2.41. The van der Waals surface area contributed by atoms with E-state index >= 15 is 0 Å². The molecule has 1 aromatic carbocycles. The lowest BCUT2D eigenvalue weighted by molar-refractivity contribution is 0.0640. The van der Waals surface area contributed by atoms with Crippen LogP contribution in [0.3, 0.4) is 0 Å². The molecule has 0 spiro atoms. The molecule has 1 N–H and O–H groups in total. The average Bonchev–Trinajstić information content (AvgIpc) is 3.18. The molecule has 1 aliphatic rings. The van der Waals surface area contributed by atoms with Crippen LogP contribution < -0.4 is 4.72 Å². The van der Waals surface area contributed by atoms with E-state index in [2.05, 4.69) is 9.62 Å². The van der Waals surface area contributed by atoms with Crippen molar-refractivity contribution in [2.75, 3.05) is 39.3 Å². The van der Waals surface area contributed by atoms with Gasteiger partial charge >= 0.3 is 0 Å². The Morgan fingerprint density at radius 3 is 2.56 bits per heavy atom. The van der Waals surface area contributed by atoms with Crippen molar-refractivity contribution in [2.24, 2.45) is 0 Å². The summed E-state index contributed by atoms with van der Waals surface area (Å²) in [6.07, 6.45) is 0. The van der Waals surface area contributed by atoms with Gasteiger partial charge in [-0.3, -0.25) is 9.69 Å². The van der Waals surface area contributed by atoms with Crippen LogP contribution in [0.2, 0.25) is 0 Å². The van der Waals surface area contributed by atoms with E-state index in [1.165, 1.54) is 11.3 Å². The van der Waals surface area contributed by atoms with Crippen molar-refractivity contribution in [3.63, 3.8) is 0 Å². The number of carbonyl (C=O) groups excluding carboxylic acids is 1. The minimum absolute atomic E-state index is 0.0755. The second kappa shape index (κ2) is 8.52. The van der Waals surface area contributed by atoms with Gasteiger partial charge in [0, 0.05) is 44.6 Å². The van der Waals surface area contributed by atoms with E-state index in [0.29, 0.717) is 31.1 Å². The van der Waals surface area contributed by atoms with Crippen LogP contribution in [0.5, 0.6) is 0 Å². The summed E-state index contributed by atoms with van der Waals surface area (Å²) in [5.74, 6) is 0.0755. The number of thiophene rings is 1. The van der Waals surface area contributed by atoms with E-state index in [-0.39, 0.29) is 5.91 Å². The topological polar surface area (TPSA) is 69.7 Å². The molecule has 1 fully saturated rings. The fraction of sp³-hybridized carbons (Fsp3) is 0.421. The highest BCUT2D eigenvalue weighted by atomic mass is 32.2. The highest BCUT2D eigenvalue weighted by Crippen LogP contribution is 2.16. The van der Waals surface area contributed by atoms with Crippen LogP contribution in [-0.4, -0.2) is 63.4 Å². The van der Waals surface area contributed by atoms with Crippen LogP contribution >= 0.6 is 11.3 Å².